The summed E-state index contributed by atoms with van der Waals surface area (Å²) in [6, 6.07) is 6.80. The fourth-order valence-corrected chi connectivity index (χ4v) is 6.39. The second-order valence-electron chi connectivity index (χ2n) is 7.75. The van der Waals surface area contributed by atoms with Crippen molar-refractivity contribution < 1.29 is 17.2 Å². The summed E-state index contributed by atoms with van der Waals surface area (Å²) in [6.07, 6.45) is 0. The Hall–Kier alpha value is -2.36. The number of rotatable bonds is 4. The topological polar surface area (TPSA) is 53.5 Å². The van der Waals surface area contributed by atoms with Crippen LogP contribution in [0.1, 0.15) is 16.7 Å². The van der Waals surface area contributed by atoms with E-state index in [2.05, 4.69) is 32.9 Å². The molecule has 0 spiro atoms. The Morgan fingerprint density at radius 2 is 1.61 bits per heavy atom. The van der Waals surface area contributed by atoms with Gasteiger partial charge in [0.2, 0.25) is 10.0 Å². The van der Waals surface area contributed by atoms with Gasteiger partial charge in [-0.2, -0.15) is 4.31 Å². The van der Waals surface area contributed by atoms with Crippen LogP contribution in [0, 0.1) is 32.4 Å². The maximum Gasteiger partial charge on any atom is 0.246 e. The molecule has 9 heteroatoms. The summed E-state index contributed by atoms with van der Waals surface area (Å²) in [6.45, 7) is 7.52. The van der Waals surface area contributed by atoms with Crippen molar-refractivity contribution in [2.24, 2.45) is 0 Å². The summed E-state index contributed by atoms with van der Waals surface area (Å²) >= 11 is 1.53. The summed E-state index contributed by atoms with van der Waals surface area (Å²) in [5.74, 6) is -1.88. The normalized spacial score (nSPS) is 15.5. The van der Waals surface area contributed by atoms with Crippen LogP contribution in [0.25, 0.3) is 11.3 Å². The van der Waals surface area contributed by atoms with Crippen LogP contribution >= 0.6 is 11.3 Å². The molecule has 3 aromatic rings. The molecule has 0 N–H and O–H groups in total. The van der Waals surface area contributed by atoms with Crippen molar-refractivity contribution in [3.05, 3.63) is 64.0 Å². The molecule has 0 unspecified atom stereocenters. The van der Waals surface area contributed by atoms with Crippen molar-refractivity contribution in [1.82, 2.24) is 9.29 Å². The summed E-state index contributed by atoms with van der Waals surface area (Å²) in [5, 5.41) is 2.86. The number of sulfonamides is 1. The monoisotopic (exact) mass is 463 g/mol. The second kappa shape index (κ2) is 8.29. The lowest BCUT2D eigenvalue weighted by Crippen LogP contribution is -2.48. The first-order chi connectivity index (χ1) is 14.7. The molecule has 0 radical (unpaired) electrons. The van der Waals surface area contributed by atoms with Gasteiger partial charge in [0.25, 0.3) is 0 Å². The first-order valence-electron chi connectivity index (χ1n) is 9.90. The van der Waals surface area contributed by atoms with Gasteiger partial charge in [-0.05, 0) is 44.0 Å². The minimum absolute atomic E-state index is 0.205. The highest BCUT2D eigenvalue weighted by atomic mass is 32.2. The van der Waals surface area contributed by atoms with Gasteiger partial charge in [-0.15, -0.1) is 11.3 Å². The van der Waals surface area contributed by atoms with Gasteiger partial charge in [0, 0.05) is 43.2 Å². The molecule has 0 amide bonds. The SMILES string of the molecule is Cc1cc(C)c(-c2csc(N3CCN(S(=O)(=O)c4ccc(F)cc4F)CC3)n2)c(C)c1. The van der Waals surface area contributed by atoms with Crippen LogP contribution in [-0.2, 0) is 10.0 Å². The minimum Gasteiger partial charge on any atom is -0.345 e. The van der Waals surface area contributed by atoms with Crippen molar-refractivity contribution in [3.63, 3.8) is 0 Å². The maximum atomic E-state index is 14.0. The molecule has 0 bridgehead atoms. The first kappa shape index (κ1) is 21.9. The number of thiazole rings is 1. The number of hydrogen-bond acceptors (Lipinski definition) is 5. The lowest BCUT2D eigenvalue weighted by molar-refractivity contribution is 0.382. The van der Waals surface area contributed by atoms with Gasteiger partial charge < -0.3 is 4.90 Å². The van der Waals surface area contributed by atoms with Gasteiger partial charge >= 0.3 is 0 Å². The van der Waals surface area contributed by atoms with Crippen LogP contribution in [0.3, 0.4) is 0 Å². The Morgan fingerprint density at radius 3 is 2.23 bits per heavy atom. The van der Waals surface area contributed by atoms with Crippen molar-refractivity contribution in [3.8, 4) is 11.3 Å². The molecule has 0 saturated carbocycles. The van der Waals surface area contributed by atoms with Crippen LogP contribution in [-0.4, -0.2) is 43.9 Å². The van der Waals surface area contributed by atoms with Crippen LogP contribution in [0.5, 0.6) is 0 Å². The van der Waals surface area contributed by atoms with E-state index in [1.807, 2.05) is 10.3 Å². The number of aromatic nitrogens is 1. The maximum absolute atomic E-state index is 14.0. The van der Waals surface area contributed by atoms with Crippen LogP contribution < -0.4 is 4.90 Å². The third kappa shape index (κ3) is 4.22. The van der Waals surface area contributed by atoms with Crippen molar-refractivity contribution >= 4 is 26.5 Å². The van der Waals surface area contributed by atoms with Crippen LogP contribution in [0.4, 0.5) is 13.9 Å². The van der Waals surface area contributed by atoms with E-state index in [0.29, 0.717) is 19.2 Å². The summed E-state index contributed by atoms with van der Waals surface area (Å²) in [5.41, 5.74) is 5.60. The molecular formula is C22H23F2N3O2S2. The molecule has 1 aliphatic heterocycles. The zero-order valence-electron chi connectivity index (χ0n) is 17.5. The van der Waals surface area contributed by atoms with Gasteiger partial charge in [-0.1, -0.05) is 17.7 Å². The van der Waals surface area contributed by atoms with Gasteiger partial charge in [-0.25, -0.2) is 22.2 Å². The van der Waals surface area contributed by atoms with E-state index in [1.165, 1.54) is 32.3 Å². The number of hydrogen-bond donors (Lipinski definition) is 0. The summed E-state index contributed by atoms with van der Waals surface area (Å²) in [7, 11) is -4.02. The average molecular weight is 464 g/mol. The Kier molecular flexibility index (Phi) is 5.85. The zero-order valence-corrected chi connectivity index (χ0v) is 19.2. The highest BCUT2D eigenvalue weighted by molar-refractivity contribution is 7.89. The van der Waals surface area contributed by atoms with Gasteiger partial charge in [0.15, 0.2) is 5.13 Å². The standard InChI is InChI=1S/C22H23F2N3O2S2/c1-14-10-15(2)21(16(3)11-14)19-13-30-22(25-19)26-6-8-27(9-7-26)31(28,29)20-5-4-17(23)12-18(20)24/h4-5,10-13H,6-9H2,1-3H3. The molecule has 1 fully saturated rings. The van der Waals surface area contributed by atoms with Gasteiger partial charge in [0.05, 0.1) is 5.69 Å². The number of nitrogens with zero attached hydrogens (tertiary/aromatic N) is 3. The fraction of sp³-hybridized carbons (Fsp3) is 0.318. The minimum atomic E-state index is -4.02. The predicted molar refractivity (Wildman–Crippen MR) is 119 cm³/mol. The van der Waals surface area contributed by atoms with E-state index in [1.54, 1.807) is 0 Å². The smallest absolute Gasteiger partial charge is 0.246 e. The lowest BCUT2D eigenvalue weighted by atomic mass is 9.98. The molecule has 4 rings (SSSR count). The number of anilines is 1. The number of piperazine rings is 1. The van der Waals surface area contributed by atoms with E-state index >= 15 is 0 Å². The molecule has 2 aromatic carbocycles. The molecule has 1 aliphatic rings. The second-order valence-corrected chi connectivity index (χ2v) is 10.5. The first-order valence-corrected chi connectivity index (χ1v) is 12.2. The molecule has 1 saturated heterocycles. The lowest BCUT2D eigenvalue weighted by Gasteiger charge is -2.33. The van der Waals surface area contributed by atoms with Crippen LogP contribution in [0.2, 0.25) is 0 Å². The highest BCUT2D eigenvalue weighted by Crippen LogP contribution is 2.33. The van der Waals surface area contributed by atoms with Gasteiger partial charge in [-0.3, -0.25) is 0 Å². The van der Waals surface area contributed by atoms with E-state index < -0.39 is 26.6 Å². The van der Waals surface area contributed by atoms with E-state index in [0.717, 1.165) is 28.5 Å². The van der Waals surface area contributed by atoms with Crippen molar-refractivity contribution in [1.29, 1.82) is 0 Å². The van der Waals surface area contributed by atoms with Crippen molar-refractivity contribution in [2.45, 2.75) is 25.7 Å². The number of benzene rings is 2. The number of halogens is 2. The third-order valence-electron chi connectivity index (χ3n) is 5.45. The molecule has 5 nitrogen and oxygen atoms in total. The fourth-order valence-electron chi connectivity index (χ4n) is 4.05. The largest absolute Gasteiger partial charge is 0.345 e. The average Bonchev–Trinajstić information content (AvgIpc) is 3.16. The van der Waals surface area contributed by atoms with E-state index in [4.69, 9.17) is 4.98 Å². The molecule has 0 aliphatic carbocycles. The Balaban J connectivity index is 1.50. The Bertz CT molecular complexity index is 1210. The van der Waals surface area contributed by atoms with E-state index in [9.17, 15) is 17.2 Å². The van der Waals surface area contributed by atoms with Crippen molar-refractivity contribution in [2.75, 3.05) is 31.1 Å². The highest BCUT2D eigenvalue weighted by Gasteiger charge is 2.31. The molecule has 0 atom stereocenters. The molecule has 1 aromatic heterocycles. The molecule has 2 heterocycles. The molecule has 31 heavy (non-hydrogen) atoms. The summed E-state index contributed by atoms with van der Waals surface area (Å²) in [4.78, 5) is 6.35. The zero-order chi connectivity index (χ0) is 22.3. The molecular weight excluding hydrogens is 440 g/mol. The molecule has 164 valence electrons. The quantitative estimate of drug-likeness (QED) is 0.571. The Morgan fingerprint density at radius 1 is 0.968 bits per heavy atom. The van der Waals surface area contributed by atoms with Gasteiger partial charge in [0.1, 0.15) is 16.5 Å². The predicted octanol–water partition coefficient (Wildman–Crippen LogP) is 4.52. The van der Waals surface area contributed by atoms with E-state index in [-0.39, 0.29) is 13.1 Å². The summed E-state index contributed by atoms with van der Waals surface area (Å²) < 4.78 is 54.0. The Labute approximate surface area is 185 Å². The third-order valence-corrected chi connectivity index (χ3v) is 8.28. The number of aryl methyl sites for hydroxylation is 3. The van der Waals surface area contributed by atoms with Crippen LogP contribution in [0.15, 0.2) is 40.6 Å².